The average Bonchev–Trinajstić information content (AvgIpc) is 3.05. The lowest BCUT2D eigenvalue weighted by Gasteiger charge is -2.35. The zero-order valence-electron chi connectivity index (χ0n) is 23.7. The van der Waals surface area contributed by atoms with Crippen molar-refractivity contribution in [3.63, 3.8) is 0 Å². The average molecular weight is 485 g/mol. The summed E-state index contributed by atoms with van der Waals surface area (Å²) in [5, 5.41) is 12.8. The van der Waals surface area contributed by atoms with Gasteiger partial charge in [0.2, 0.25) is 0 Å². The fourth-order valence-corrected chi connectivity index (χ4v) is 9.41. The summed E-state index contributed by atoms with van der Waals surface area (Å²) in [7, 11) is -2.22. The van der Waals surface area contributed by atoms with Gasteiger partial charge in [-0.15, -0.1) is 0 Å². The van der Waals surface area contributed by atoms with Crippen molar-refractivity contribution >= 4 is 13.3 Å². The van der Waals surface area contributed by atoms with Gasteiger partial charge in [0.05, 0.1) is 8.07 Å². The Balaban J connectivity index is 2.01. The summed E-state index contributed by atoms with van der Waals surface area (Å²) in [5.41, 5.74) is 9.77. The summed E-state index contributed by atoms with van der Waals surface area (Å²) < 4.78 is 0. The number of fused-ring (bicyclic) bond motifs is 3. The van der Waals surface area contributed by atoms with Crippen LogP contribution in [0, 0.1) is 0 Å². The molecule has 0 fully saturated rings. The predicted octanol–water partition coefficient (Wildman–Crippen LogP) is 8.55. The number of hydrogen-bond acceptors (Lipinski definition) is 1. The van der Waals surface area contributed by atoms with Gasteiger partial charge in [-0.1, -0.05) is 130 Å². The van der Waals surface area contributed by atoms with Crippen molar-refractivity contribution in [1.82, 2.24) is 0 Å². The van der Waals surface area contributed by atoms with Gasteiger partial charge < -0.3 is 5.11 Å². The van der Waals surface area contributed by atoms with Crippen LogP contribution in [0.3, 0.4) is 0 Å². The van der Waals surface area contributed by atoms with E-state index in [1.807, 2.05) is 0 Å². The predicted molar refractivity (Wildman–Crippen MR) is 155 cm³/mol. The van der Waals surface area contributed by atoms with Crippen LogP contribution >= 0.6 is 0 Å². The molecule has 1 nitrogen and oxygen atoms in total. The highest BCUT2D eigenvalue weighted by molar-refractivity contribution is 6.92. The van der Waals surface area contributed by atoms with Crippen molar-refractivity contribution in [2.75, 3.05) is 0 Å². The van der Waals surface area contributed by atoms with Gasteiger partial charge >= 0.3 is 0 Å². The van der Waals surface area contributed by atoms with Crippen LogP contribution in [-0.2, 0) is 16.2 Å². The molecule has 0 amide bonds. The molecule has 0 saturated heterocycles. The lowest BCUT2D eigenvalue weighted by Crippen LogP contribution is -2.48. The number of phenolic OH excluding ortho intramolecular Hbond substituents is 1. The zero-order valence-corrected chi connectivity index (χ0v) is 24.7. The van der Waals surface area contributed by atoms with E-state index in [-0.39, 0.29) is 16.2 Å². The van der Waals surface area contributed by atoms with Gasteiger partial charge in [0.1, 0.15) is 5.75 Å². The quantitative estimate of drug-likeness (QED) is 0.361. The van der Waals surface area contributed by atoms with E-state index in [4.69, 9.17) is 0 Å². The molecule has 1 aliphatic carbocycles. The molecule has 186 valence electrons. The molecule has 0 spiro atoms. The van der Waals surface area contributed by atoms with Crippen LogP contribution in [0.15, 0.2) is 54.6 Å². The fourth-order valence-electron chi connectivity index (χ4n) is 5.80. The maximum absolute atomic E-state index is 11.6. The third-order valence-electron chi connectivity index (χ3n) is 8.01. The molecular weight excluding hydrogens is 440 g/mol. The highest BCUT2D eigenvalue weighted by atomic mass is 28.3. The Bertz CT molecular complexity index is 1210. The highest BCUT2D eigenvalue weighted by Crippen LogP contribution is 2.51. The minimum atomic E-state index is -2.22. The first kappa shape index (κ1) is 25.8. The van der Waals surface area contributed by atoms with Crippen molar-refractivity contribution < 1.29 is 5.11 Å². The molecule has 35 heavy (non-hydrogen) atoms. The summed E-state index contributed by atoms with van der Waals surface area (Å²) in [4.78, 5) is 0. The van der Waals surface area contributed by atoms with E-state index >= 15 is 0 Å². The molecule has 3 aromatic rings. The van der Waals surface area contributed by atoms with Crippen LogP contribution in [-0.4, -0.2) is 13.2 Å². The van der Waals surface area contributed by atoms with Crippen LogP contribution in [0.2, 0.25) is 13.1 Å². The first-order valence-corrected chi connectivity index (χ1v) is 16.1. The Labute approximate surface area is 214 Å². The Morgan fingerprint density at radius 3 is 1.49 bits per heavy atom. The summed E-state index contributed by atoms with van der Waals surface area (Å²) >= 11 is 0. The fraction of sp³-hybridized carbons (Fsp3) is 0.455. The van der Waals surface area contributed by atoms with Crippen LogP contribution in [0.5, 0.6) is 5.75 Å². The minimum Gasteiger partial charge on any atom is -0.508 e. The molecule has 0 unspecified atom stereocenters. The van der Waals surface area contributed by atoms with Crippen LogP contribution in [0.25, 0.3) is 11.1 Å². The monoisotopic (exact) mass is 484 g/mol. The van der Waals surface area contributed by atoms with E-state index in [1.54, 1.807) is 0 Å². The summed E-state index contributed by atoms with van der Waals surface area (Å²) in [5.74, 6) is 0.505. The number of hydrogen-bond donors (Lipinski definition) is 1. The third-order valence-corrected chi connectivity index (χ3v) is 11.9. The zero-order chi connectivity index (χ0) is 26.1. The van der Waals surface area contributed by atoms with E-state index in [2.05, 4.69) is 130 Å². The van der Waals surface area contributed by atoms with E-state index in [1.165, 1.54) is 33.4 Å². The first-order valence-electron chi connectivity index (χ1n) is 13.1. The first-order chi connectivity index (χ1) is 15.9. The van der Waals surface area contributed by atoms with E-state index in [9.17, 15) is 5.11 Å². The lowest BCUT2D eigenvalue weighted by molar-refractivity contribution is 0.450. The molecule has 4 rings (SSSR count). The molecule has 0 aliphatic heterocycles. The molecule has 0 atom stereocenters. The second-order valence-corrected chi connectivity index (χ2v) is 18.8. The molecule has 0 aromatic heterocycles. The van der Waals surface area contributed by atoms with Crippen molar-refractivity contribution in [3.05, 3.63) is 82.4 Å². The van der Waals surface area contributed by atoms with Crippen LogP contribution in [0.1, 0.15) is 95.7 Å². The van der Waals surface area contributed by atoms with Crippen molar-refractivity contribution in [2.24, 2.45) is 0 Å². The Morgan fingerprint density at radius 2 is 1.09 bits per heavy atom. The molecule has 0 heterocycles. The maximum atomic E-state index is 11.6. The Hall–Kier alpha value is -2.32. The molecule has 1 aliphatic rings. The molecule has 0 radical (unpaired) electrons. The number of para-hydroxylation sites is 1. The third kappa shape index (κ3) is 4.39. The van der Waals surface area contributed by atoms with Crippen LogP contribution < -0.4 is 5.19 Å². The number of phenols is 1. The van der Waals surface area contributed by atoms with Crippen LogP contribution in [0.4, 0.5) is 0 Å². The largest absolute Gasteiger partial charge is 0.508 e. The van der Waals surface area contributed by atoms with Gasteiger partial charge in [-0.2, -0.15) is 0 Å². The molecular formula is C33H44OSi. The van der Waals surface area contributed by atoms with Gasteiger partial charge in [0, 0.05) is 5.54 Å². The van der Waals surface area contributed by atoms with Crippen molar-refractivity contribution in [3.8, 4) is 16.9 Å². The number of rotatable bonds is 2. The van der Waals surface area contributed by atoms with Gasteiger partial charge in [-0.3, -0.25) is 0 Å². The standard InChI is InChI=1S/C33H44OSi/c1-31(2,3)21-15-17-23-24-18-16-22(32(4,5)6)20-26(24)30(25(23)19-21)35(10,11)28-14-12-13-27(29(28)34)33(7,8)9/h12-20,30,34H,1-11H3. The highest BCUT2D eigenvalue weighted by Gasteiger charge is 2.44. The number of aromatic hydroxyl groups is 1. The maximum Gasteiger partial charge on any atom is 0.118 e. The molecule has 3 aromatic carbocycles. The molecule has 0 saturated carbocycles. The van der Waals surface area contributed by atoms with Gasteiger partial charge in [-0.05, 0) is 60.4 Å². The minimum absolute atomic E-state index is 0.0882. The SMILES string of the molecule is CC(C)(C)c1ccc2c(c1)C([Si](C)(C)c1cccc(C(C)(C)C)c1O)c1cc(C(C)(C)C)ccc1-2. The summed E-state index contributed by atoms with van der Waals surface area (Å²) in [6.45, 7) is 25.2. The van der Waals surface area contributed by atoms with Gasteiger partial charge in [0.25, 0.3) is 0 Å². The van der Waals surface area contributed by atoms with E-state index < -0.39 is 8.07 Å². The second kappa shape index (κ2) is 8.10. The van der Waals surface area contributed by atoms with E-state index in [0.717, 1.165) is 10.8 Å². The van der Waals surface area contributed by atoms with Gasteiger partial charge in [-0.25, -0.2) is 0 Å². The lowest BCUT2D eigenvalue weighted by atomic mass is 9.85. The summed E-state index contributed by atoms with van der Waals surface area (Å²) in [6.07, 6.45) is 0. The smallest absolute Gasteiger partial charge is 0.118 e. The van der Waals surface area contributed by atoms with Crippen molar-refractivity contribution in [2.45, 2.75) is 97.2 Å². The normalized spacial score (nSPS) is 14.7. The second-order valence-electron chi connectivity index (χ2n) is 14.2. The Kier molecular flexibility index (Phi) is 5.96. The molecule has 1 N–H and O–H groups in total. The van der Waals surface area contributed by atoms with Gasteiger partial charge in [0.15, 0.2) is 0 Å². The van der Waals surface area contributed by atoms with E-state index in [0.29, 0.717) is 11.3 Å². The topological polar surface area (TPSA) is 20.2 Å². The molecule has 0 bridgehead atoms. The summed E-state index contributed by atoms with van der Waals surface area (Å²) in [6, 6.07) is 20.7. The number of benzene rings is 3. The Morgan fingerprint density at radius 1 is 0.629 bits per heavy atom. The molecule has 2 heteroatoms. The van der Waals surface area contributed by atoms with Crippen molar-refractivity contribution in [1.29, 1.82) is 0 Å².